The van der Waals surface area contributed by atoms with Crippen LogP contribution in [0.4, 0.5) is 10.8 Å². The maximum atomic E-state index is 12.3. The molecule has 1 aliphatic rings. The van der Waals surface area contributed by atoms with Crippen molar-refractivity contribution in [3.8, 4) is 0 Å². The molecule has 1 fully saturated rings. The standard InChI is InChI=1S/C21H28N4O2S/c1-14-12-25(3)11-10-17(14)7-4-16-5-8-18(9-6-16)23-20(27)19-13-28-21(24-19)22-15(2)26/h5-6,8-9,13-14,17H,4,7,10-12H2,1-3H3,(H,23,27)(H,22,24,26)/t14-,17-/m1/s1. The molecule has 1 aliphatic heterocycles. The molecule has 1 saturated heterocycles. The minimum atomic E-state index is -0.277. The summed E-state index contributed by atoms with van der Waals surface area (Å²) in [6.45, 7) is 6.15. The van der Waals surface area contributed by atoms with Crippen molar-refractivity contribution in [2.45, 2.75) is 33.1 Å². The molecule has 0 spiro atoms. The zero-order valence-corrected chi connectivity index (χ0v) is 17.5. The summed E-state index contributed by atoms with van der Waals surface area (Å²) in [7, 11) is 2.20. The van der Waals surface area contributed by atoms with Gasteiger partial charge in [-0.25, -0.2) is 4.98 Å². The van der Waals surface area contributed by atoms with Gasteiger partial charge in [0.2, 0.25) is 5.91 Å². The second-order valence-corrected chi connectivity index (χ2v) is 8.56. The van der Waals surface area contributed by atoms with Gasteiger partial charge in [-0.15, -0.1) is 11.3 Å². The molecule has 0 saturated carbocycles. The van der Waals surface area contributed by atoms with E-state index in [2.05, 4.69) is 46.6 Å². The van der Waals surface area contributed by atoms with E-state index in [1.807, 2.05) is 12.1 Å². The summed E-state index contributed by atoms with van der Waals surface area (Å²) in [6, 6.07) is 8.04. The Morgan fingerprint density at radius 1 is 1.25 bits per heavy atom. The average molecular weight is 401 g/mol. The molecule has 6 nitrogen and oxygen atoms in total. The van der Waals surface area contributed by atoms with Crippen molar-refractivity contribution in [1.82, 2.24) is 9.88 Å². The van der Waals surface area contributed by atoms with E-state index in [1.165, 1.54) is 49.8 Å². The molecule has 28 heavy (non-hydrogen) atoms. The van der Waals surface area contributed by atoms with Crippen molar-refractivity contribution >= 4 is 34.0 Å². The van der Waals surface area contributed by atoms with E-state index in [-0.39, 0.29) is 11.8 Å². The number of carbonyl (C=O) groups is 2. The first-order valence-electron chi connectivity index (χ1n) is 9.72. The molecule has 7 heteroatoms. The number of nitrogens with one attached hydrogen (secondary N) is 2. The van der Waals surface area contributed by atoms with Crippen molar-refractivity contribution in [1.29, 1.82) is 0 Å². The molecular formula is C21H28N4O2S. The fraction of sp³-hybridized carbons (Fsp3) is 0.476. The molecule has 1 aromatic heterocycles. The number of rotatable bonds is 6. The smallest absolute Gasteiger partial charge is 0.275 e. The Bertz CT molecular complexity index is 818. The Morgan fingerprint density at radius 2 is 2.00 bits per heavy atom. The molecule has 3 rings (SSSR count). The van der Waals surface area contributed by atoms with Gasteiger partial charge in [0, 0.05) is 24.5 Å². The van der Waals surface area contributed by atoms with Crippen LogP contribution >= 0.6 is 11.3 Å². The second kappa shape index (κ2) is 9.30. The van der Waals surface area contributed by atoms with E-state index in [0.717, 1.165) is 23.9 Å². The van der Waals surface area contributed by atoms with Crippen molar-refractivity contribution in [2.75, 3.05) is 30.8 Å². The Hall–Kier alpha value is -2.25. The first-order chi connectivity index (χ1) is 13.4. The lowest BCUT2D eigenvalue weighted by molar-refractivity contribution is -0.114. The van der Waals surface area contributed by atoms with Crippen LogP contribution in [-0.2, 0) is 11.2 Å². The van der Waals surface area contributed by atoms with Gasteiger partial charge in [-0.2, -0.15) is 0 Å². The topological polar surface area (TPSA) is 74.3 Å². The van der Waals surface area contributed by atoms with Crippen LogP contribution in [0, 0.1) is 11.8 Å². The van der Waals surface area contributed by atoms with E-state index >= 15 is 0 Å². The molecule has 2 aromatic rings. The Morgan fingerprint density at radius 3 is 2.68 bits per heavy atom. The predicted molar refractivity (Wildman–Crippen MR) is 114 cm³/mol. The zero-order valence-electron chi connectivity index (χ0n) is 16.7. The maximum absolute atomic E-state index is 12.3. The van der Waals surface area contributed by atoms with E-state index in [9.17, 15) is 9.59 Å². The minimum Gasteiger partial charge on any atom is -0.321 e. The minimum absolute atomic E-state index is 0.202. The van der Waals surface area contributed by atoms with Gasteiger partial charge >= 0.3 is 0 Å². The number of nitrogens with zero attached hydrogens (tertiary/aromatic N) is 2. The number of anilines is 2. The number of aryl methyl sites for hydroxylation is 1. The molecule has 2 N–H and O–H groups in total. The van der Waals surface area contributed by atoms with Crippen LogP contribution in [0.5, 0.6) is 0 Å². The van der Waals surface area contributed by atoms with Gasteiger partial charge in [-0.3, -0.25) is 9.59 Å². The summed E-state index contributed by atoms with van der Waals surface area (Å²) in [5, 5.41) is 7.50. The summed E-state index contributed by atoms with van der Waals surface area (Å²) in [6.07, 6.45) is 3.56. The van der Waals surface area contributed by atoms with Crippen LogP contribution in [0.25, 0.3) is 0 Å². The maximum Gasteiger partial charge on any atom is 0.275 e. The number of hydrogen-bond donors (Lipinski definition) is 2. The highest BCUT2D eigenvalue weighted by Gasteiger charge is 2.23. The third kappa shape index (κ3) is 5.62. The fourth-order valence-corrected chi connectivity index (χ4v) is 4.46. The van der Waals surface area contributed by atoms with Gasteiger partial charge in [0.15, 0.2) is 5.13 Å². The van der Waals surface area contributed by atoms with Crippen molar-refractivity contribution in [3.63, 3.8) is 0 Å². The Labute approximate surface area is 170 Å². The van der Waals surface area contributed by atoms with Gasteiger partial charge < -0.3 is 15.5 Å². The second-order valence-electron chi connectivity index (χ2n) is 7.70. The number of thiazole rings is 1. The third-order valence-electron chi connectivity index (χ3n) is 5.32. The molecule has 150 valence electrons. The molecule has 2 amide bonds. The van der Waals surface area contributed by atoms with Crippen LogP contribution in [-0.4, -0.2) is 41.8 Å². The lowest BCUT2D eigenvalue weighted by atomic mass is 9.83. The largest absolute Gasteiger partial charge is 0.321 e. The molecule has 2 atom stereocenters. The molecule has 0 aliphatic carbocycles. The van der Waals surface area contributed by atoms with Crippen molar-refractivity contribution in [2.24, 2.45) is 11.8 Å². The van der Waals surface area contributed by atoms with Crippen LogP contribution in [0.15, 0.2) is 29.6 Å². The van der Waals surface area contributed by atoms with E-state index < -0.39 is 0 Å². The highest BCUT2D eigenvalue weighted by Crippen LogP contribution is 2.27. The number of likely N-dealkylation sites (tertiary alicyclic amines) is 1. The Kier molecular flexibility index (Phi) is 6.80. The van der Waals surface area contributed by atoms with E-state index in [4.69, 9.17) is 0 Å². The van der Waals surface area contributed by atoms with Gasteiger partial charge in [0.05, 0.1) is 0 Å². The first kappa shape index (κ1) is 20.5. The van der Waals surface area contributed by atoms with Crippen molar-refractivity contribution in [3.05, 3.63) is 40.9 Å². The van der Waals surface area contributed by atoms with Crippen LogP contribution in [0.1, 0.15) is 42.7 Å². The normalized spacial score (nSPS) is 20.0. The van der Waals surface area contributed by atoms with Crippen LogP contribution in [0.3, 0.4) is 0 Å². The molecule has 0 unspecified atom stereocenters. The number of carbonyl (C=O) groups excluding carboxylic acids is 2. The fourth-order valence-electron chi connectivity index (χ4n) is 3.72. The Balaban J connectivity index is 1.50. The number of aromatic nitrogens is 1. The molecule has 0 bridgehead atoms. The summed E-state index contributed by atoms with van der Waals surface area (Å²) >= 11 is 1.23. The molecule has 0 radical (unpaired) electrons. The molecule has 2 heterocycles. The van der Waals surface area contributed by atoms with E-state index in [0.29, 0.717) is 10.8 Å². The highest BCUT2D eigenvalue weighted by molar-refractivity contribution is 7.14. The lowest BCUT2D eigenvalue weighted by Crippen LogP contribution is -2.36. The van der Waals surface area contributed by atoms with Crippen LogP contribution < -0.4 is 10.6 Å². The molecular weight excluding hydrogens is 372 g/mol. The monoisotopic (exact) mass is 400 g/mol. The average Bonchev–Trinajstić information content (AvgIpc) is 3.10. The van der Waals surface area contributed by atoms with E-state index in [1.54, 1.807) is 5.38 Å². The van der Waals surface area contributed by atoms with Gasteiger partial charge in [-0.05, 0) is 62.4 Å². The zero-order chi connectivity index (χ0) is 20.1. The lowest BCUT2D eigenvalue weighted by Gasteiger charge is -2.34. The van der Waals surface area contributed by atoms with Gasteiger partial charge in [-0.1, -0.05) is 19.1 Å². The number of hydrogen-bond acceptors (Lipinski definition) is 5. The highest BCUT2D eigenvalue weighted by atomic mass is 32.1. The van der Waals surface area contributed by atoms with Gasteiger partial charge in [0.25, 0.3) is 5.91 Å². The molecule has 1 aromatic carbocycles. The number of amides is 2. The quantitative estimate of drug-likeness (QED) is 0.772. The summed E-state index contributed by atoms with van der Waals surface area (Å²) in [5.74, 6) is 1.06. The van der Waals surface area contributed by atoms with Crippen LogP contribution in [0.2, 0.25) is 0 Å². The number of benzene rings is 1. The summed E-state index contributed by atoms with van der Waals surface area (Å²) in [4.78, 5) is 29.9. The third-order valence-corrected chi connectivity index (χ3v) is 6.08. The first-order valence-corrected chi connectivity index (χ1v) is 10.6. The predicted octanol–water partition coefficient (Wildman–Crippen LogP) is 3.87. The SMILES string of the molecule is CC(=O)Nc1nc(C(=O)Nc2ccc(CC[C@@H]3CCN(C)C[C@H]3C)cc2)cs1. The van der Waals surface area contributed by atoms with Crippen molar-refractivity contribution < 1.29 is 9.59 Å². The number of piperidine rings is 1. The van der Waals surface area contributed by atoms with Gasteiger partial charge in [0.1, 0.15) is 5.69 Å². The summed E-state index contributed by atoms with van der Waals surface area (Å²) in [5.41, 5.74) is 2.34. The summed E-state index contributed by atoms with van der Waals surface area (Å²) < 4.78 is 0.